The molecule has 2 rings (SSSR count). The highest BCUT2D eigenvalue weighted by atomic mass is 35.5. The van der Waals surface area contributed by atoms with Crippen LogP contribution in [0.25, 0.3) is 0 Å². The lowest BCUT2D eigenvalue weighted by Gasteiger charge is -2.10. The van der Waals surface area contributed by atoms with Crippen LogP contribution in [-0.4, -0.2) is 21.5 Å². The lowest BCUT2D eigenvalue weighted by atomic mass is 10.2. The molecule has 0 aliphatic heterocycles. The molecule has 1 saturated carbocycles. The lowest BCUT2D eigenvalue weighted by molar-refractivity contribution is 0.577. The van der Waals surface area contributed by atoms with E-state index in [9.17, 15) is 8.42 Å². The van der Waals surface area contributed by atoms with E-state index in [4.69, 9.17) is 11.6 Å². The van der Waals surface area contributed by atoms with Gasteiger partial charge in [-0.05, 0) is 49.4 Å². The molecular formula is C14H21ClN2O2S. The molecule has 0 unspecified atom stereocenters. The van der Waals surface area contributed by atoms with E-state index in [1.54, 1.807) is 12.1 Å². The predicted molar refractivity (Wildman–Crippen MR) is 81.4 cm³/mol. The zero-order valence-corrected chi connectivity index (χ0v) is 13.2. The van der Waals surface area contributed by atoms with Gasteiger partial charge in [-0.3, -0.25) is 0 Å². The van der Waals surface area contributed by atoms with E-state index in [0.29, 0.717) is 24.0 Å². The fraction of sp³-hybridized carbons (Fsp3) is 0.571. The minimum atomic E-state index is -3.43. The average molecular weight is 317 g/mol. The van der Waals surface area contributed by atoms with E-state index in [1.165, 1.54) is 6.07 Å². The average Bonchev–Trinajstić information content (AvgIpc) is 3.22. The molecule has 1 fully saturated rings. The van der Waals surface area contributed by atoms with E-state index < -0.39 is 10.0 Å². The second-order valence-corrected chi connectivity index (χ2v) is 7.40. The van der Waals surface area contributed by atoms with Gasteiger partial charge in [0.1, 0.15) is 0 Å². The summed E-state index contributed by atoms with van der Waals surface area (Å²) in [6.07, 6.45) is 3.28. The second kappa shape index (κ2) is 6.89. The van der Waals surface area contributed by atoms with Crippen LogP contribution in [0.5, 0.6) is 0 Å². The molecule has 112 valence electrons. The molecule has 6 heteroatoms. The summed E-state index contributed by atoms with van der Waals surface area (Å²) < 4.78 is 26.8. The Labute approximate surface area is 126 Å². The van der Waals surface area contributed by atoms with Crippen molar-refractivity contribution >= 4 is 21.6 Å². The number of nitrogens with one attached hydrogen (secondary N) is 2. The first-order valence-corrected chi connectivity index (χ1v) is 8.88. The smallest absolute Gasteiger partial charge is 0.240 e. The largest absolute Gasteiger partial charge is 0.313 e. The summed E-state index contributed by atoms with van der Waals surface area (Å²) in [5.41, 5.74) is 0.918. The quantitative estimate of drug-likeness (QED) is 0.725. The van der Waals surface area contributed by atoms with Gasteiger partial charge in [-0.15, -0.1) is 0 Å². The Morgan fingerprint density at radius 1 is 1.35 bits per heavy atom. The zero-order chi connectivity index (χ0) is 14.6. The van der Waals surface area contributed by atoms with Crippen LogP contribution in [0.15, 0.2) is 23.1 Å². The molecule has 0 aromatic heterocycles. The third kappa shape index (κ3) is 4.45. The van der Waals surface area contributed by atoms with Gasteiger partial charge in [-0.2, -0.15) is 0 Å². The van der Waals surface area contributed by atoms with Gasteiger partial charge in [0.05, 0.1) is 4.90 Å². The van der Waals surface area contributed by atoms with Crippen LogP contribution < -0.4 is 10.0 Å². The topological polar surface area (TPSA) is 58.2 Å². The molecule has 0 heterocycles. The Bertz CT molecular complexity index is 556. The lowest BCUT2D eigenvalue weighted by Crippen LogP contribution is -2.26. The minimum absolute atomic E-state index is 0.238. The molecule has 0 bridgehead atoms. The van der Waals surface area contributed by atoms with Crippen molar-refractivity contribution in [3.63, 3.8) is 0 Å². The first-order chi connectivity index (χ1) is 9.53. The maximum atomic E-state index is 12.1. The predicted octanol–water partition coefficient (Wildman–Crippen LogP) is 2.53. The van der Waals surface area contributed by atoms with Crippen molar-refractivity contribution in [1.29, 1.82) is 0 Å². The minimum Gasteiger partial charge on any atom is -0.313 e. The first-order valence-electron chi connectivity index (χ1n) is 7.01. The monoisotopic (exact) mass is 316 g/mol. The number of sulfonamides is 1. The van der Waals surface area contributed by atoms with Crippen LogP contribution in [-0.2, 0) is 16.6 Å². The van der Waals surface area contributed by atoms with Gasteiger partial charge in [0.25, 0.3) is 0 Å². The van der Waals surface area contributed by atoms with Gasteiger partial charge >= 0.3 is 0 Å². The molecule has 0 amide bonds. The summed E-state index contributed by atoms with van der Waals surface area (Å²) in [7, 11) is -3.43. The maximum absolute atomic E-state index is 12.1. The van der Waals surface area contributed by atoms with E-state index >= 15 is 0 Å². The van der Waals surface area contributed by atoms with Crippen molar-refractivity contribution in [2.24, 2.45) is 5.92 Å². The molecule has 0 saturated heterocycles. The molecule has 2 N–H and O–H groups in total. The Morgan fingerprint density at radius 2 is 2.10 bits per heavy atom. The van der Waals surface area contributed by atoms with Crippen molar-refractivity contribution in [3.8, 4) is 0 Å². The molecule has 0 atom stereocenters. The van der Waals surface area contributed by atoms with Gasteiger partial charge in [-0.1, -0.05) is 24.6 Å². The third-order valence-electron chi connectivity index (χ3n) is 3.34. The van der Waals surface area contributed by atoms with E-state index in [0.717, 1.165) is 31.4 Å². The van der Waals surface area contributed by atoms with Crippen molar-refractivity contribution < 1.29 is 8.42 Å². The molecule has 1 aromatic carbocycles. The summed E-state index contributed by atoms with van der Waals surface area (Å²) in [6.45, 7) is 4.19. The summed E-state index contributed by atoms with van der Waals surface area (Å²) in [6, 6.07) is 4.92. The third-order valence-corrected chi connectivity index (χ3v) is 5.11. The van der Waals surface area contributed by atoms with Gasteiger partial charge in [0, 0.05) is 18.1 Å². The van der Waals surface area contributed by atoms with Gasteiger partial charge < -0.3 is 5.32 Å². The first kappa shape index (κ1) is 15.8. The fourth-order valence-electron chi connectivity index (χ4n) is 1.87. The van der Waals surface area contributed by atoms with Gasteiger partial charge in [0.2, 0.25) is 10.0 Å². The van der Waals surface area contributed by atoms with E-state index in [1.807, 2.05) is 0 Å². The summed E-state index contributed by atoms with van der Waals surface area (Å²) >= 11 is 6.16. The summed E-state index contributed by atoms with van der Waals surface area (Å²) in [5.74, 6) is 0.512. The Balaban J connectivity index is 2.02. The van der Waals surface area contributed by atoms with Crippen LogP contribution in [0.1, 0.15) is 31.7 Å². The normalized spacial score (nSPS) is 15.5. The van der Waals surface area contributed by atoms with Crippen molar-refractivity contribution in [1.82, 2.24) is 10.0 Å². The molecule has 1 aliphatic carbocycles. The van der Waals surface area contributed by atoms with Crippen LogP contribution >= 0.6 is 11.6 Å². The highest BCUT2D eigenvalue weighted by Crippen LogP contribution is 2.28. The van der Waals surface area contributed by atoms with Crippen LogP contribution in [0.3, 0.4) is 0 Å². The number of rotatable bonds is 8. The highest BCUT2D eigenvalue weighted by molar-refractivity contribution is 7.89. The standard InChI is InChI=1S/C14H21ClN2O2S/c1-2-7-16-10-12-5-6-13(8-14(12)15)20(18,19)17-9-11-3-4-11/h5-6,8,11,16-17H,2-4,7,9-10H2,1H3. The van der Waals surface area contributed by atoms with Crippen molar-refractivity contribution in [2.45, 2.75) is 37.6 Å². The maximum Gasteiger partial charge on any atom is 0.240 e. The number of halogens is 1. The zero-order valence-electron chi connectivity index (χ0n) is 11.7. The fourth-order valence-corrected chi connectivity index (χ4v) is 3.33. The molecule has 0 radical (unpaired) electrons. The van der Waals surface area contributed by atoms with Gasteiger partial charge in [0.15, 0.2) is 0 Å². The molecular weight excluding hydrogens is 296 g/mol. The number of benzene rings is 1. The Kier molecular flexibility index (Phi) is 5.43. The number of hydrogen-bond donors (Lipinski definition) is 2. The van der Waals surface area contributed by atoms with Gasteiger partial charge in [-0.25, -0.2) is 13.1 Å². The number of hydrogen-bond acceptors (Lipinski definition) is 3. The second-order valence-electron chi connectivity index (χ2n) is 5.23. The molecule has 1 aromatic rings. The summed E-state index contributed by atoms with van der Waals surface area (Å²) in [4.78, 5) is 0.238. The summed E-state index contributed by atoms with van der Waals surface area (Å²) in [5, 5.41) is 3.74. The SMILES string of the molecule is CCCNCc1ccc(S(=O)(=O)NCC2CC2)cc1Cl. The van der Waals surface area contributed by atoms with E-state index in [-0.39, 0.29) is 4.90 Å². The Hall–Kier alpha value is -0.620. The van der Waals surface area contributed by atoms with Crippen LogP contribution in [0.4, 0.5) is 0 Å². The van der Waals surface area contributed by atoms with Crippen molar-refractivity contribution in [3.05, 3.63) is 28.8 Å². The molecule has 4 nitrogen and oxygen atoms in total. The molecule has 20 heavy (non-hydrogen) atoms. The van der Waals surface area contributed by atoms with Crippen LogP contribution in [0, 0.1) is 5.92 Å². The van der Waals surface area contributed by atoms with E-state index in [2.05, 4.69) is 17.0 Å². The van der Waals surface area contributed by atoms with Crippen molar-refractivity contribution in [2.75, 3.05) is 13.1 Å². The molecule has 0 spiro atoms. The highest BCUT2D eigenvalue weighted by Gasteiger charge is 2.24. The molecule has 1 aliphatic rings. The van der Waals surface area contributed by atoms with Crippen LogP contribution in [0.2, 0.25) is 5.02 Å². The Morgan fingerprint density at radius 3 is 2.70 bits per heavy atom.